The molecule has 2 aromatic carbocycles. The molecular weight excluding hydrogens is 457 g/mol. The smallest absolute Gasteiger partial charge is 0.419 e. The summed E-state index contributed by atoms with van der Waals surface area (Å²) in [5.41, 5.74) is -0.0783. The number of carbonyl (C=O) groups excluding carboxylic acids is 1. The summed E-state index contributed by atoms with van der Waals surface area (Å²) in [6.07, 6.45) is -2.72. The normalized spacial score (nSPS) is 14.9. The van der Waals surface area contributed by atoms with Crippen molar-refractivity contribution in [2.24, 2.45) is 0 Å². The quantitative estimate of drug-likeness (QED) is 0.490. The van der Waals surface area contributed by atoms with E-state index >= 15 is 0 Å². The number of nitrogens with one attached hydrogen (secondary N) is 2. The lowest BCUT2D eigenvalue weighted by Crippen LogP contribution is -2.23. The van der Waals surface area contributed by atoms with E-state index in [9.17, 15) is 26.7 Å². The molecule has 0 spiro atoms. The molecule has 1 aromatic heterocycles. The van der Waals surface area contributed by atoms with Crippen LogP contribution >= 0.6 is 0 Å². The van der Waals surface area contributed by atoms with Crippen LogP contribution in [0.5, 0.6) is 0 Å². The molecule has 1 fully saturated rings. The predicted molar refractivity (Wildman–Crippen MR) is 117 cm³/mol. The maximum atomic E-state index is 13.5. The van der Waals surface area contributed by atoms with Crippen LogP contribution in [-0.4, -0.2) is 26.2 Å². The van der Waals surface area contributed by atoms with Crippen molar-refractivity contribution in [2.45, 2.75) is 23.9 Å². The Balaban J connectivity index is 1.61. The zero-order chi connectivity index (χ0) is 23.6. The minimum absolute atomic E-state index is 0.00752. The Morgan fingerprint density at radius 2 is 1.76 bits per heavy atom. The molecule has 4 rings (SSSR count). The van der Waals surface area contributed by atoms with Crippen molar-refractivity contribution in [1.82, 2.24) is 4.98 Å². The van der Waals surface area contributed by atoms with Crippen molar-refractivity contribution in [1.29, 1.82) is 0 Å². The Morgan fingerprint density at radius 3 is 2.39 bits per heavy atom. The van der Waals surface area contributed by atoms with Crippen LogP contribution in [0.3, 0.4) is 0 Å². The molecule has 1 aliphatic heterocycles. The molecule has 1 atom stereocenters. The van der Waals surface area contributed by atoms with E-state index in [4.69, 9.17) is 0 Å². The number of halogens is 3. The zero-order valence-corrected chi connectivity index (χ0v) is 17.9. The average Bonchev–Trinajstić information content (AvgIpc) is 3.20. The van der Waals surface area contributed by atoms with Gasteiger partial charge in [0.2, 0.25) is 5.91 Å². The van der Waals surface area contributed by atoms with Crippen LogP contribution in [0.15, 0.2) is 65.7 Å². The fraction of sp³-hybridized carbons (Fsp3) is 0.182. The highest BCUT2D eigenvalue weighted by atomic mass is 32.2. The summed E-state index contributed by atoms with van der Waals surface area (Å²) in [5.74, 6) is 0.173. The van der Waals surface area contributed by atoms with Gasteiger partial charge in [-0.25, -0.2) is 4.98 Å². The van der Waals surface area contributed by atoms with Gasteiger partial charge >= 0.3 is 6.18 Å². The molecule has 1 amide bonds. The van der Waals surface area contributed by atoms with Crippen LogP contribution in [0, 0.1) is 0 Å². The fourth-order valence-corrected chi connectivity index (χ4v) is 4.00. The van der Waals surface area contributed by atoms with E-state index in [2.05, 4.69) is 15.6 Å². The minimum Gasteiger partial charge on any atom is -0.768 e. The first-order valence-electron chi connectivity index (χ1n) is 9.92. The number of rotatable bonds is 6. The molecule has 1 unspecified atom stereocenters. The molecule has 0 saturated carbocycles. The minimum atomic E-state index is -4.71. The van der Waals surface area contributed by atoms with Gasteiger partial charge in [0.05, 0.1) is 16.9 Å². The number of hydrogen-bond donors (Lipinski definition) is 2. The molecule has 3 aromatic rings. The Kier molecular flexibility index (Phi) is 6.34. The third kappa shape index (κ3) is 5.15. The van der Waals surface area contributed by atoms with Gasteiger partial charge in [-0.05, 0) is 53.9 Å². The Labute approximate surface area is 189 Å². The Morgan fingerprint density at radius 1 is 1.03 bits per heavy atom. The molecule has 2 N–H and O–H groups in total. The lowest BCUT2D eigenvalue weighted by Gasteiger charge is -2.19. The number of benzene rings is 2. The van der Waals surface area contributed by atoms with Crippen LogP contribution in [-0.2, 0) is 22.1 Å². The third-order valence-electron chi connectivity index (χ3n) is 5.07. The second kappa shape index (κ2) is 9.20. The summed E-state index contributed by atoms with van der Waals surface area (Å²) >= 11 is -2.64. The van der Waals surface area contributed by atoms with Crippen molar-refractivity contribution < 1.29 is 26.7 Å². The molecule has 172 valence electrons. The molecule has 0 aliphatic carbocycles. The van der Waals surface area contributed by atoms with E-state index in [0.29, 0.717) is 24.8 Å². The van der Waals surface area contributed by atoms with Crippen molar-refractivity contribution >= 4 is 45.6 Å². The van der Waals surface area contributed by atoms with Crippen LogP contribution in [0.25, 0.3) is 0 Å². The first-order chi connectivity index (χ1) is 15.7. The monoisotopic (exact) mass is 475 g/mol. The van der Waals surface area contributed by atoms with E-state index < -0.39 is 22.8 Å². The number of hydrogen-bond acceptors (Lipinski definition) is 6. The van der Waals surface area contributed by atoms with Gasteiger partial charge in [0.1, 0.15) is 5.82 Å². The SMILES string of the molecule is O=C1CCCN1c1ccc(Nc2cc(Nc3ccccc3S(=O)[O-])c(C(F)(F)F)cn2)cc1. The Hall–Kier alpha value is -3.44. The summed E-state index contributed by atoms with van der Waals surface area (Å²) < 4.78 is 63.5. The lowest BCUT2D eigenvalue weighted by molar-refractivity contribution is -0.137. The molecule has 1 saturated heterocycles. The summed E-state index contributed by atoms with van der Waals surface area (Å²) in [6, 6.07) is 13.7. The highest BCUT2D eigenvalue weighted by molar-refractivity contribution is 7.79. The highest BCUT2D eigenvalue weighted by Gasteiger charge is 2.34. The molecule has 7 nitrogen and oxygen atoms in total. The van der Waals surface area contributed by atoms with Gasteiger partial charge in [0.15, 0.2) is 0 Å². The maximum absolute atomic E-state index is 13.5. The zero-order valence-electron chi connectivity index (χ0n) is 17.1. The summed E-state index contributed by atoms with van der Waals surface area (Å²) in [4.78, 5) is 17.3. The number of alkyl halides is 3. The number of amides is 1. The first kappa shape index (κ1) is 22.7. The summed E-state index contributed by atoms with van der Waals surface area (Å²) in [7, 11) is 0. The van der Waals surface area contributed by atoms with Gasteiger partial charge in [-0.15, -0.1) is 0 Å². The maximum Gasteiger partial charge on any atom is 0.419 e. The molecule has 0 bridgehead atoms. The average molecular weight is 475 g/mol. The number of para-hydroxylation sites is 1. The van der Waals surface area contributed by atoms with Gasteiger partial charge in [0.25, 0.3) is 0 Å². The van der Waals surface area contributed by atoms with Crippen molar-refractivity contribution in [3.63, 3.8) is 0 Å². The van der Waals surface area contributed by atoms with E-state index in [-0.39, 0.29) is 28.0 Å². The second-order valence-electron chi connectivity index (χ2n) is 7.29. The topological polar surface area (TPSA) is 97.4 Å². The lowest BCUT2D eigenvalue weighted by atomic mass is 10.2. The van der Waals surface area contributed by atoms with Crippen molar-refractivity contribution in [3.05, 3.63) is 66.4 Å². The molecule has 11 heteroatoms. The summed E-state index contributed by atoms with van der Waals surface area (Å²) in [5, 5.41) is 5.50. The molecule has 1 aliphatic rings. The second-order valence-corrected chi connectivity index (χ2v) is 8.20. The number of aromatic nitrogens is 1. The number of nitrogens with zero attached hydrogens (tertiary/aromatic N) is 2. The van der Waals surface area contributed by atoms with Crippen molar-refractivity contribution in [2.75, 3.05) is 22.1 Å². The van der Waals surface area contributed by atoms with Gasteiger partial charge < -0.3 is 20.1 Å². The first-order valence-corrected chi connectivity index (χ1v) is 11.0. The van der Waals surface area contributed by atoms with Crippen LogP contribution in [0.2, 0.25) is 0 Å². The van der Waals surface area contributed by atoms with Gasteiger partial charge in [-0.3, -0.25) is 9.00 Å². The molecular formula is C22H18F3N4O3S-. The van der Waals surface area contributed by atoms with Gasteiger partial charge in [0, 0.05) is 41.5 Å². The third-order valence-corrected chi connectivity index (χ3v) is 5.79. The fourth-order valence-electron chi connectivity index (χ4n) is 3.51. The molecule has 2 heterocycles. The Bertz CT molecular complexity index is 1200. The molecule has 33 heavy (non-hydrogen) atoms. The highest BCUT2D eigenvalue weighted by Crippen LogP contribution is 2.38. The van der Waals surface area contributed by atoms with E-state index in [0.717, 1.165) is 18.2 Å². The van der Waals surface area contributed by atoms with Gasteiger partial charge in [-0.2, -0.15) is 13.2 Å². The van der Waals surface area contributed by atoms with Gasteiger partial charge in [-0.1, -0.05) is 12.1 Å². The van der Waals surface area contributed by atoms with E-state index in [1.807, 2.05) is 0 Å². The standard InChI is InChI=1S/C22H19F3N4O3S/c23-22(24,25)16-13-26-20(12-18(16)28-17-4-1-2-5-19(17)33(31)32)27-14-7-9-15(10-8-14)29-11-3-6-21(29)30/h1-2,4-5,7-10,12-13H,3,6,11H2,(H,31,32)(H2,26,27,28)/p-1. The van der Waals surface area contributed by atoms with Crippen LogP contribution < -0.4 is 15.5 Å². The van der Waals surface area contributed by atoms with Crippen LogP contribution in [0.4, 0.5) is 41.7 Å². The molecule has 0 radical (unpaired) electrons. The predicted octanol–water partition coefficient (Wildman–Crippen LogP) is 4.95. The van der Waals surface area contributed by atoms with Crippen LogP contribution in [0.1, 0.15) is 18.4 Å². The summed E-state index contributed by atoms with van der Waals surface area (Å²) in [6.45, 7) is 0.650. The van der Waals surface area contributed by atoms with Crippen molar-refractivity contribution in [3.8, 4) is 0 Å². The number of pyridine rings is 1. The number of anilines is 5. The number of carbonyl (C=O) groups is 1. The van der Waals surface area contributed by atoms with E-state index in [1.54, 1.807) is 29.2 Å². The largest absolute Gasteiger partial charge is 0.768 e. The van der Waals surface area contributed by atoms with E-state index in [1.165, 1.54) is 24.3 Å².